The number of hydrogen-bond acceptors (Lipinski definition) is 3. The van der Waals surface area contributed by atoms with Gasteiger partial charge in [0.15, 0.2) is 0 Å². The van der Waals surface area contributed by atoms with Gasteiger partial charge in [0, 0.05) is 38.6 Å². The Bertz CT molecular complexity index is 448. The van der Waals surface area contributed by atoms with Crippen LogP contribution in [0.5, 0.6) is 0 Å². The summed E-state index contributed by atoms with van der Waals surface area (Å²) in [5, 5.41) is 10.0. The van der Waals surface area contributed by atoms with E-state index in [0.29, 0.717) is 6.54 Å². The Balaban J connectivity index is 1.91. The van der Waals surface area contributed by atoms with Crippen LogP contribution >= 0.6 is 0 Å². The number of likely N-dealkylation sites (N-methyl/N-ethyl adjacent to an activating group) is 1. The van der Waals surface area contributed by atoms with Gasteiger partial charge in [-0.15, -0.1) is 0 Å². The van der Waals surface area contributed by atoms with E-state index in [1.165, 1.54) is 0 Å². The first-order chi connectivity index (χ1) is 9.47. The van der Waals surface area contributed by atoms with Gasteiger partial charge in [-0.25, -0.2) is 0 Å². The van der Waals surface area contributed by atoms with Gasteiger partial charge < -0.3 is 19.5 Å². The molecular formula is C15H25N3O2. The average molecular weight is 279 g/mol. The van der Waals surface area contributed by atoms with Gasteiger partial charge in [0.25, 0.3) is 0 Å². The molecule has 0 bridgehead atoms. The van der Waals surface area contributed by atoms with Gasteiger partial charge in [-0.2, -0.15) is 0 Å². The minimum atomic E-state index is -0.463. The molecule has 0 spiro atoms. The Morgan fingerprint density at radius 3 is 2.55 bits per heavy atom. The average Bonchev–Trinajstić information content (AvgIpc) is 2.86. The third-order valence-electron chi connectivity index (χ3n) is 3.92. The molecule has 0 aromatic carbocycles. The van der Waals surface area contributed by atoms with Crippen molar-refractivity contribution in [1.82, 2.24) is 14.4 Å². The van der Waals surface area contributed by atoms with Gasteiger partial charge in [0.2, 0.25) is 5.91 Å². The number of hydrogen-bond donors (Lipinski definition) is 1. The smallest absolute Gasteiger partial charge is 0.242 e. The molecule has 1 saturated heterocycles. The Kier molecular flexibility index (Phi) is 4.83. The molecule has 0 radical (unpaired) electrons. The standard InChI is InChI=1S/C15H25N3O2/c1-12(2)15(20)13-4-5-17(10-13)11-14(19)18-8-6-16(3)7-9-18/h4-5,10,12,15,20H,6-9,11H2,1-3H3. The van der Waals surface area contributed by atoms with Crippen molar-refractivity contribution in [2.24, 2.45) is 5.92 Å². The van der Waals surface area contributed by atoms with E-state index in [9.17, 15) is 9.90 Å². The fourth-order valence-electron chi connectivity index (χ4n) is 2.43. The van der Waals surface area contributed by atoms with Crippen molar-refractivity contribution in [3.63, 3.8) is 0 Å². The molecule has 112 valence electrons. The molecule has 1 atom stereocenters. The summed E-state index contributed by atoms with van der Waals surface area (Å²) >= 11 is 0. The third-order valence-corrected chi connectivity index (χ3v) is 3.92. The molecule has 1 unspecified atom stereocenters. The van der Waals surface area contributed by atoms with Gasteiger partial charge >= 0.3 is 0 Å². The zero-order valence-electron chi connectivity index (χ0n) is 12.6. The lowest BCUT2D eigenvalue weighted by molar-refractivity contribution is -0.133. The molecule has 1 aliphatic heterocycles. The summed E-state index contributed by atoms with van der Waals surface area (Å²) in [5.74, 6) is 0.332. The third kappa shape index (κ3) is 3.61. The minimum Gasteiger partial charge on any atom is -0.388 e. The Labute approximate surface area is 120 Å². The van der Waals surface area contributed by atoms with Crippen molar-refractivity contribution in [2.75, 3.05) is 33.2 Å². The highest BCUT2D eigenvalue weighted by Crippen LogP contribution is 2.21. The first-order valence-electron chi connectivity index (χ1n) is 7.27. The number of amides is 1. The second kappa shape index (κ2) is 6.41. The minimum absolute atomic E-state index is 0.152. The van der Waals surface area contributed by atoms with Crippen LogP contribution < -0.4 is 0 Å². The highest BCUT2D eigenvalue weighted by molar-refractivity contribution is 5.76. The van der Waals surface area contributed by atoms with Gasteiger partial charge in [0.05, 0.1) is 6.10 Å². The van der Waals surface area contributed by atoms with Crippen LogP contribution in [0.4, 0.5) is 0 Å². The van der Waals surface area contributed by atoms with E-state index in [1.807, 2.05) is 41.8 Å². The van der Waals surface area contributed by atoms with E-state index in [2.05, 4.69) is 11.9 Å². The summed E-state index contributed by atoms with van der Waals surface area (Å²) in [6.45, 7) is 7.81. The predicted octanol–water partition coefficient (Wildman–Crippen LogP) is 0.951. The molecule has 2 heterocycles. The number of aromatic nitrogens is 1. The lowest BCUT2D eigenvalue weighted by atomic mass is 10.0. The maximum atomic E-state index is 12.2. The number of carbonyl (C=O) groups is 1. The van der Waals surface area contributed by atoms with E-state index in [4.69, 9.17) is 0 Å². The summed E-state index contributed by atoms with van der Waals surface area (Å²) in [4.78, 5) is 16.4. The molecule has 5 heteroatoms. The number of aliphatic hydroxyl groups excluding tert-OH is 1. The largest absolute Gasteiger partial charge is 0.388 e. The first-order valence-corrected chi connectivity index (χ1v) is 7.27. The van der Waals surface area contributed by atoms with Crippen LogP contribution in [0.2, 0.25) is 0 Å². The number of aliphatic hydroxyl groups is 1. The van der Waals surface area contributed by atoms with Crippen molar-refractivity contribution in [2.45, 2.75) is 26.5 Å². The highest BCUT2D eigenvalue weighted by Gasteiger charge is 2.19. The molecule has 1 aromatic rings. The van der Waals surface area contributed by atoms with Crippen molar-refractivity contribution in [3.05, 3.63) is 24.0 Å². The maximum absolute atomic E-state index is 12.2. The number of piperazine rings is 1. The summed E-state index contributed by atoms with van der Waals surface area (Å²) < 4.78 is 1.86. The molecule has 0 saturated carbocycles. The molecule has 5 nitrogen and oxygen atoms in total. The van der Waals surface area contributed by atoms with E-state index >= 15 is 0 Å². The molecule has 1 amide bonds. The number of carbonyl (C=O) groups excluding carboxylic acids is 1. The summed E-state index contributed by atoms with van der Waals surface area (Å²) in [5.41, 5.74) is 0.881. The highest BCUT2D eigenvalue weighted by atomic mass is 16.3. The topological polar surface area (TPSA) is 48.7 Å². The molecule has 1 N–H and O–H groups in total. The Morgan fingerprint density at radius 2 is 1.95 bits per heavy atom. The molecule has 1 aliphatic rings. The van der Waals surface area contributed by atoms with Crippen LogP contribution in [0.3, 0.4) is 0 Å². The summed E-state index contributed by atoms with van der Waals surface area (Å²) in [6, 6.07) is 1.89. The van der Waals surface area contributed by atoms with Crippen LogP contribution in [-0.2, 0) is 11.3 Å². The Morgan fingerprint density at radius 1 is 1.30 bits per heavy atom. The zero-order chi connectivity index (χ0) is 14.7. The van der Waals surface area contributed by atoms with Crippen molar-refractivity contribution in [3.8, 4) is 0 Å². The van der Waals surface area contributed by atoms with E-state index in [-0.39, 0.29) is 11.8 Å². The fourth-order valence-corrected chi connectivity index (χ4v) is 2.43. The van der Waals surface area contributed by atoms with Crippen molar-refractivity contribution >= 4 is 5.91 Å². The van der Waals surface area contributed by atoms with E-state index in [0.717, 1.165) is 31.7 Å². The second-order valence-electron chi connectivity index (χ2n) is 5.99. The van der Waals surface area contributed by atoms with Gasteiger partial charge in [0.1, 0.15) is 6.54 Å². The van der Waals surface area contributed by atoms with Gasteiger partial charge in [-0.1, -0.05) is 13.8 Å². The van der Waals surface area contributed by atoms with Gasteiger partial charge in [-0.3, -0.25) is 4.79 Å². The van der Waals surface area contributed by atoms with E-state index < -0.39 is 6.10 Å². The lowest BCUT2D eigenvalue weighted by Crippen LogP contribution is -2.48. The van der Waals surface area contributed by atoms with Gasteiger partial charge in [-0.05, 0) is 24.6 Å². The fraction of sp³-hybridized carbons (Fsp3) is 0.667. The summed E-state index contributed by atoms with van der Waals surface area (Å²) in [6.07, 6.45) is 3.28. The van der Waals surface area contributed by atoms with E-state index in [1.54, 1.807) is 0 Å². The quantitative estimate of drug-likeness (QED) is 0.893. The SMILES string of the molecule is CC(C)C(O)c1ccn(CC(=O)N2CCN(C)CC2)c1. The van der Waals surface area contributed by atoms with Crippen LogP contribution in [0.15, 0.2) is 18.5 Å². The number of nitrogens with zero attached hydrogens (tertiary/aromatic N) is 3. The van der Waals surface area contributed by atoms with Crippen LogP contribution in [-0.4, -0.2) is 58.6 Å². The predicted molar refractivity (Wildman–Crippen MR) is 78.3 cm³/mol. The molecule has 0 aliphatic carbocycles. The molecule has 1 fully saturated rings. The zero-order valence-corrected chi connectivity index (χ0v) is 12.6. The second-order valence-corrected chi connectivity index (χ2v) is 5.99. The molecular weight excluding hydrogens is 254 g/mol. The van der Waals surface area contributed by atoms with Crippen molar-refractivity contribution < 1.29 is 9.90 Å². The van der Waals surface area contributed by atoms with Crippen LogP contribution in [0.1, 0.15) is 25.5 Å². The summed E-state index contributed by atoms with van der Waals surface area (Å²) in [7, 11) is 2.08. The number of rotatable bonds is 4. The van der Waals surface area contributed by atoms with Crippen LogP contribution in [0.25, 0.3) is 0 Å². The van der Waals surface area contributed by atoms with Crippen LogP contribution in [0, 0.1) is 5.92 Å². The maximum Gasteiger partial charge on any atom is 0.242 e. The lowest BCUT2D eigenvalue weighted by Gasteiger charge is -2.32. The Hall–Kier alpha value is -1.33. The molecule has 1 aromatic heterocycles. The molecule has 20 heavy (non-hydrogen) atoms. The van der Waals surface area contributed by atoms with Crippen molar-refractivity contribution in [1.29, 1.82) is 0 Å². The molecule has 2 rings (SSSR count). The normalized spacial score (nSPS) is 18.6. The first kappa shape index (κ1) is 15.1. The monoisotopic (exact) mass is 279 g/mol.